The molecule has 0 unspecified atom stereocenters. The summed E-state index contributed by atoms with van der Waals surface area (Å²) in [5.74, 6) is 0.644. The molecule has 0 aliphatic heterocycles. The van der Waals surface area contributed by atoms with Crippen LogP contribution in [0.2, 0.25) is 0 Å². The highest BCUT2D eigenvalue weighted by atomic mass is 32.2. The maximum atomic E-state index is 4.41. The van der Waals surface area contributed by atoms with Gasteiger partial charge in [-0.25, -0.2) is 15.0 Å². The van der Waals surface area contributed by atoms with Crippen molar-refractivity contribution in [2.24, 2.45) is 5.92 Å². The molecule has 0 fully saturated rings. The van der Waals surface area contributed by atoms with Crippen molar-refractivity contribution in [3.05, 3.63) is 42.4 Å². The molecule has 0 aliphatic rings. The van der Waals surface area contributed by atoms with Gasteiger partial charge in [-0.2, -0.15) is 0 Å². The van der Waals surface area contributed by atoms with E-state index in [4.69, 9.17) is 0 Å². The van der Waals surface area contributed by atoms with Gasteiger partial charge in [-0.3, -0.25) is 0 Å². The minimum Gasteiger partial charge on any atom is -0.312 e. The lowest BCUT2D eigenvalue weighted by Crippen LogP contribution is -2.19. The van der Waals surface area contributed by atoms with Crippen LogP contribution in [0.1, 0.15) is 19.4 Å². The molecule has 0 spiro atoms. The summed E-state index contributed by atoms with van der Waals surface area (Å²) in [6.07, 6.45) is 5.29. The van der Waals surface area contributed by atoms with Crippen LogP contribution < -0.4 is 5.32 Å². The topological polar surface area (TPSA) is 50.7 Å². The zero-order valence-corrected chi connectivity index (χ0v) is 12.0. The first-order chi connectivity index (χ1) is 9.25. The Balaban J connectivity index is 2.04. The Morgan fingerprint density at radius 2 is 1.84 bits per heavy atom. The molecular weight excluding hydrogens is 256 g/mol. The van der Waals surface area contributed by atoms with Gasteiger partial charge in [-0.1, -0.05) is 19.9 Å². The molecule has 100 valence electrons. The molecule has 2 aromatic heterocycles. The second kappa shape index (κ2) is 7.21. The smallest absolute Gasteiger partial charge is 0.193 e. The summed E-state index contributed by atoms with van der Waals surface area (Å²) in [7, 11) is 0. The van der Waals surface area contributed by atoms with Gasteiger partial charge < -0.3 is 5.32 Å². The molecule has 0 bridgehead atoms. The Morgan fingerprint density at radius 1 is 1.11 bits per heavy atom. The molecule has 2 aromatic rings. The summed E-state index contributed by atoms with van der Waals surface area (Å²) < 4.78 is 0. The number of hydrogen-bond donors (Lipinski definition) is 1. The molecule has 1 N–H and O–H groups in total. The van der Waals surface area contributed by atoms with Crippen LogP contribution in [0.15, 0.2) is 47.0 Å². The SMILES string of the molecule is CC(C)CNCc1cccnc1Sc1ncccn1. The molecule has 2 heterocycles. The van der Waals surface area contributed by atoms with Crippen LogP contribution in [0.4, 0.5) is 0 Å². The quantitative estimate of drug-likeness (QED) is 0.821. The molecule has 0 saturated heterocycles. The predicted molar refractivity (Wildman–Crippen MR) is 76.9 cm³/mol. The third kappa shape index (κ3) is 4.61. The number of aromatic nitrogens is 3. The van der Waals surface area contributed by atoms with Crippen LogP contribution in [0.5, 0.6) is 0 Å². The van der Waals surface area contributed by atoms with Crippen molar-refractivity contribution in [3.8, 4) is 0 Å². The Morgan fingerprint density at radius 3 is 2.58 bits per heavy atom. The summed E-state index contributed by atoms with van der Waals surface area (Å²) in [6, 6.07) is 5.86. The fraction of sp³-hybridized carbons (Fsp3) is 0.357. The summed E-state index contributed by atoms with van der Waals surface area (Å²) in [6.45, 7) is 6.22. The van der Waals surface area contributed by atoms with Crippen LogP contribution in [-0.4, -0.2) is 21.5 Å². The van der Waals surface area contributed by atoms with E-state index in [2.05, 4.69) is 40.2 Å². The van der Waals surface area contributed by atoms with E-state index in [0.717, 1.165) is 23.3 Å². The summed E-state index contributed by atoms with van der Waals surface area (Å²) >= 11 is 1.50. The van der Waals surface area contributed by atoms with Gasteiger partial charge in [0.2, 0.25) is 0 Å². The molecule has 0 amide bonds. The Bertz CT molecular complexity index is 502. The fourth-order valence-corrected chi connectivity index (χ4v) is 2.36. The van der Waals surface area contributed by atoms with Crippen LogP contribution in [0.3, 0.4) is 0 Å². The maximum absolute atomic E-state index is 4.41. The van der Waals surface area contributed by atoms with Crippen LogP contribution in [0.25, 0.3) is 0 Å². The highest BCUT2D eigenvalue weighted by Gasteiger charge is 2.07. The fourth-order valence-electron chi connectivity index (χ4n) is 1.57. The first-order valence-electron chi connectivity index (χ1n) is 6.35. The number of hydrogen-bond acceptors (Lipinski definition) is 5. The monoisotopic (exact) mass is 274 g/mol. The van der Waals surface area contributed by atoms with Crippen molar-refractivity contribution < 1.29 is 0 Å². The first-order valence-corrected chi connectivity index (χ1v) is 7.17. The maximum Gasteiger partial charge on any atom is 0.193 e. The Labute approximate surface area is 118 Å². The third-order valence-electron chi connectivity index (χ3n) is 2.45. The third-order valence-corrected chi connectivity index (χ3v) is 3.40. The van der Waals surface area contributed by atoms with Crippen molar-refractivity contribution in [1.29, 1.82) is 0 Å². The standard InChI is InChI=1S/C14H18N4S/c1-11(2)9-15-10-12-5-3-6-16-13(12)19-14-17-7-4-8-18-14/h3-8,11,15H,9-10H2,1-2H3. The van der Waals surface area contributed by atoms with E-state index in [1.54, 1.807) is 18.6 Å². The Hall–Kier alpha value is -1.46. The molecule has 0 aliphatic carbocycles. The molecule has 0 atom stereocenters. The lowest BCUT2D eigenvalue weighted by molar-refractivity contribution is 0.548. The van der Waals surface area contributed by atoms with Crippen molar-refractivity contribution >= 4 is 11.8 Å². The van der Waals surface area contributed by atoms with E-state index >= 15 is 0 Å². The highest BCUT2D eigenvalue weighted by Crippen LogP contribution is 2.25. The molecule has 4 nitrogen and oxygen atoms in total. The first kappa shape index (κ1) is 14.0. The van der Waals surface area contributed by atoms with Gasteiger partial charge in [0.25, 0.3) is 0 Å². The zero-order valence-electron chi connectivity index (χ0n) is 11.2. The van der Waals surface area contributed by atoms with E-state index in [1.165, 1.54) is 17.3 Å². The summed E-state index contributed by atoms with van der Waals surface area (Å²) in [5, 5.41) is 5.12. The van der Waals surface area contributed by atoms with E-state index in [0.29, 0.717) is 5.92 Å². The van der Waals surface area contributed by atoms with Gasteiger partial charge >= 0.3 is 0 Å². The summed E-state index contributed by atoms with van der Waals surface area (Å²) in [4.78, 5) is 12.8. The Kier molecular flexibility index (Phi) is 5.30. The molecule has 0 aromatic carbocycles. The van der Waals surface area contributed by atoms with Crippen molar-refractivity contribution in [2.75, 3.05) is 6.54 Å². The van der Waals surface area contributed by atoms with Gasteiger partial charge in [0.05, 0.1) is 0 Å². The van der Waals surface area contributed by atoms with E-state index in [-0.39, 0.29) is 0 Å². The van der Waals surface area contributed by atoms with E-state index in [9.17, 15) is 0 Å². The largest absolute Gasteiger partial charge is 0.312 e. The van der Waals surface area contributed by atoms with Crippen LogP contribution >= 0.6 is 11.8 Å². The molecule has 0 saturated carbocycles. The van der Waals surface area contributed by atoms with Crippen molar-refractivity contribution in [3.63, 3.8) is 0 Å². The molecule has 5 heteroatoms. The van der Waals surface area contributed by atoms with Gasteiger partial charge in [0, 0.05) is 25.1 Å². The lowest BCUT2D eigenvalue weighted by atomic mass is 10.2. The minimum absolute atomic E-state index is 0.644. The minimum atomic E-state index is 0.644. The number of rotatable bonds is 6. The average molecular weight is 274 g/mol. The van der Waals surface area contributed by atoms with Crippen LogP contribution in [0, 0.1) is 5.92 Å². The molecule has 19 heavy (non-hydrogen) atoms. The second-order valence-corrected chi connectivity index (χ2v) is 5.58. The number of nitrogens with zero attached hydrogens (tertiary/aromatic N) is 3. The average Bonchev–Trinajstić information content (AvgIpc) is 2.41. The van der Waals surface area contributed by atoms with E-state index < -0.39 is 0 Å². The second-order valence-electron chi connectivity index (χ2n) is 4.63. The van der Waals surface area contributed by atoms with Crippen LogP contribution in [-0.2, 0) is 6.54 Å². The molecule has 2 rings (SSSR count). The zero-order chi connectivity index (χ0) is 13.5. The van der Waals surface area contributed by atoms with Gasteiger partial charge in [-0.15, -0.1) is 0 Å². The van der Waals surface area contributed by atoms with Crippen molar-refractivity contribution in [1.82, 2.24) is 20.3 Å². The predicted octanol–water partition coefficient (Wildman–Crippen LogP) is 2.77. The van der Waals surface area contributed by atoms with Crippen molar-refractivity contribution in [2.45, 2.75) is 30.6 Å². The number of pyridine rings is 1. The normalized spacial score (nSPS) is 10.9. The van der Waals surface area contributed by atoms with Gasteiger partial charge in [-0.05, 0) is 41.9 Å². The highest BCUT2D eigenvalue weighted by molar-refractivity contribution is 7.99. The van der Waals surface area contributed by atoms with Gasteiger partial charge in [0.15, 0.2) is 5.16 Å². The molecular formula is C14H18N4S. The lowest BCUT2D eigenvalue weighted by Gasteiger charge is -2.10. The molecule has 0 radical (unpaired) electrons. The van der Waals surface area contributed by atoms with Gasteiger partial charge in [0.1, 0.15) is 5.03 Å². The number of nitrogens with one attached hydrogen (secondary N) is 1. The van der Waals surface area contributed by atoms with E-state index in [1.807, 2.05) is 12.1 Å². The summed E-state index contributed by atoms with van der Waals surface area (Å²) in [5.41, 5.74) is 1.18.